The number of amides is 1. The molecule has 11 nitrogen and oxygen atoms in total. The number of hydrogen-bond donors (Lipinski definition) is 2. The molecule has 0 saturated carbocycles. The zero-order valence-corrected chi connectivity index (χ0v) is 23.5. The number of aromatic nitrogens is 6. The Morgan fingerprint density at radius 3 is 2.72 bits per heavy atom. The minimum absolute atomic E-state index is 0.00440. The highest BCUT2D eigenvalue weighted by atomic mass is 16.2. The monoisotopic (exact) mass is 570 g/mol. The van der Waals surface area contributed by atoms with Gasteiger partial charge in [-0.15, -0.1) is 0 Å². The number of likely N-dealkylation sites (tertiary alicyclic amines) is 1. The lowest BCUT2D eigenvalue weighted by Crippen LogP contribution is -2.45. The molecule has 11 heteroatoms. The molecule has 0 spiro atoms. The van der Waals surface area contributed by atoms with Gasteiger partial charge >= 0.3 is 0 Å². The summed E-state index contributed by atoms with van der Waals surface area (Å²) >= 11 is 0. The summed E-state index contributed by atoms with van der Waals surface area (Å²) in [6.45, 7) is 5.10. The van der Waals surface area contributed by atoms with Crippen molar-refractivity contribution in [3.8, 4) is 29.0 Å². The van der Waals surface area contributed by atoms with E-state index in [4.69, 9.17) is 15.7 Å². The van der Waals surface area contributed by atoms with Gasteiger partial charge in [-0.1, -0.05) is 12.6 Å². The molecule has 1 fully saturated rings. The molecule has 1 unspecified atom stereocenters. The fraction of sp³-hybridized carbons (Fsp3) is 0.250. The molecule has 1 amide bonds. The quantitative estimate of drug-likeness (QED) is 0.293. The van der Waals surface area contributed by atoms with E-state index in [2.05, 4.69) is 46.2 Å². The molecule has 0 radical (unpaired) electrons. The standard InChI is InChI=1S/C32H30N10O/c1-2-28(43)40-15-10-22(11-16-40)37-26-9-6-20-17-23(7-8-24(20)26)42-31(25-5-3-12-35-30(25)34)39-29-21(19-33)18-27(38-32(29)42)41-14-4-13-36-41/h2-5,7-8,12-14,17-18,22,26,37H,1,6,9-11,15-16H2,(H2,34,35). The number of rotatable bonds is 6. The van der Waals surface area contributed by atoms with E-state index in [0.717, 1.165) is 44.5 Å². The van der Waals surface area contributed by atoms with Gasteiger partial charge in [-0.05, 0) is 73.2 Å². The number of hydrogen-bond acceptors (Lipinski definition) is 8. The van der Waals surface area contributed by atoms with Gasteiger partial charge in [0.1, 0.15) is 17.4 Å². The van der Waals surface area contributed by atoms with E-state index in [1.807, 2.05) is 27.7 Å². The van der Waals surface area contributed by atoms with Crippen LogP contribution in [-0.4, -0.2) is 59.2 Å². The minimum Gasteiger partial charge on any atom is -0.383 e. The first kappa shape index (κ1) is 26.6. The summed E-state index contributed by atoms with van der Waals surface area (Å²) in [5.41, 5.74) is 11.8. The zero-order valence-electron chi connectivity index (χ0n) is 23.5. The van der Waals surface area contributed by atoms with E-state index in [1.165, 1.54) is 17.2 Å². The van der Waals surface area contributed by atoms with Crippen molar-refractivity contribution >= 4 is 22.9 Å². The highest BCUT2D eigenvalue weighted by Gasteiger charge is 2.29. The van der Waals surface area contributed by atoms with E-state index < -0.39 is 0 Å². The van der Waals surface area contributed by atoms with E-state index >= 15 is 0 Å². The van der Waals surface area contributed by atoms with Gasteiger partial charge in [0, 0.05) is 55.5 Å². The fourth-order valence-electron chi connectivity index (χ4n) is 6.27. The highest BCUT2D eigenvalue weighted by Crippen LogP contribution is 2.37. The lowest BCUT2D eigenvalue weighted by atomic mass is 10.0. The minimum atomic E-state index is 0.00440. The van der Waals surface area contributed by atoms with Crippen LogP contribution in [0.2, 0.25) is 0 Å². The van der Waals surface area contributed by atoms with Crippen molar-refractivity contribution in [1.82, 2.24) is 39.5 Å². The molecule has 5 aromatic rings. The van der Waals surface area contributed by atoms with Crippen LogP contribution in [0.5, 0.6) is 0 Å². The van der Waals surface area contributed by atoms with Gasteiger partial charge in [0.25, 0.3) is 0 Å². The number of nitrogens with zero attached hydrogens (tertiary/aromatic N) is 8. The molecule has 1 aliphatic carbocycles. The van der Waals surface area contributed by atoms with Crippen LogP contribution in [0.4, 0.5) is 5.82 Å². The summed E-state index contributed by atoms with van der Waals surface area (Å²) in [5, 5.41) is 18.3. The smallest absolute Gasteiger partial charge is 0.245 e. The third-order valence-corrected chi connectivity index (χ3v) is 8.42. The Morgan fingerprint density at radius 1 is 1.12 bits per heavy atom. The number of imidazole rings is 1. The van der Waals surface area contributed by atoms with Crippen molar-refractivity contribution < 1.29 is 4.79 Å². The summed E-state index contributed by atoms with van der Waals surface area (Å²) in [5.74, 6) is 1.43. The molecule has 4 aromatic heterocycles. The zero-order chi connectivity index (χ0) is 29.5. The topological polar surface area (TPSA) is 144 Å². The first-order chi connectivity index (χ1) is 21.0. The van der Waals surface area contributed by atoms with Gasteiger partial charge in [-0.25, -0.2) is 19.6 Å². The number of nitriles is 1. The summed E-state index contributed by atoms with van der Waals surface area (Å²) in [7, 11) is 0. The third kappa shape index (κ3) is 4.71. The van der Waals surface area contributed by atoms with Gasteiger partial charge in [-0.2, -0.15) is 10.4 Å². The number of anilines is 1. The SMILES string of the molecule is C=CC(=O)N1CCC(NC2CCc3cc(-n4c(-c5cccnc5N)nc5c(C#N)cc(-n6cccn6)nc54)ccc32)CC1. The van der Waals surface area contributed by atoms with Crippen LogP contribution in [-0.2, 0) is 11.2 Å². The molecular weight excluding hydrogens is 540 g/mol. The maximum atomic E-state index is 12.0. The van der Waals surface area contributed by atoms with Crippen molar-refractivity contribution in [2.24, 2.45) is 0 Å². The van der Waals surface area contributed by atoms with Crippen LogP contribution in [0.15, 0.2) is 73.7 Å². The molecule has 5 heterocycles. The number of nitrogens with one attached hydrogen (secondary N) is 1. The normalized spacial score (nSPS) is 16.7. The lowest BCUT2D eigenvalue weighted by molar-refractivity contribution is -0.127. The molecule has 1 atom stereocenters. The summed E-state index contributed by atoms with van der Waals surface area (Å²) < 4.78 is 3.59. The second kappa shape index (κ2) is 10.8. The predicted octanol–water partition coefficient (Wildman–Crippen LogP) is 3.88. The van der Waals surface area contributed by atoms with Crippen LogP contribution in [0.3, 0.4) is 0 Å². The number of nitrogen functional groups attached to an aromatic ring is 1. The van der Waals surface area contributed by atoms with Crippen LogP contribution >= 0.6 is 0 Å². The Bertz CT molecular complexity index is 1890. The van der Waals surface area contributed by atoms with Gasteiger partial charge in [0.15, 0.2) is 17.3 Å². The van der Waals surface area contributed by atoms with E-state index in [1.54, 1.807) is 29.3 Å². The number of carbonyl (C=O) groups is 1. The molecule has 0 bridgehead atoms. The second-order valence-corrected chi connectivity index (χ2v) is 10.9. The Morgan fingerprint density at radius 2 is 1.98 bits per heavy atom. The number of aryl methyl sites for hydroxylation is 1. The number of benzene rings is 1. The van der Waals surface area contributed by atoms with Crippen molar-refractivity contribution in [2.75, 3.05) is 18.8 Å². The van der Waals surface area contributed by atoms with Gasteiger partial charge in [0.2, 0.25) is 5.91 Å². The molecule has 7 rings (SSSR count). The van der Waals surface area contributed by atoms with Crippen LogP contribution in [0.1, 0.15) is 42.0 Å². The number of piperidine rings is 1. The third-order valence-electron chi connectivity index (χ3n) is 8.42. The Balaban J connectivity index is 1.28. The average Bonchev–Trinajstić information content (AvgIpc) is 3.80. The maximum Gasteiger partial charge on any atom is 0.245 e. The molecule has 1 aromatic carbocycles. The molecular formula is C32H30N10O. The second-order valence-electron chi connectivity index (χ2n) is 10.9. The number of carbonyl (C=O) groups excluding carboxylic acids is 1. The lowest BCUT2D eigenvalue weighted by Gasteiger charge is -2.33. The van der Waals surface area contributed by atoms with Gasteiger partial charge in [0.05, 0.1) is 11.1 Å². The predicted molar refractivity (Wildman–Crippen MR) is 162 cm³/mol. The average molecular weight is 571 g/mol. The van der Waals surface area contributed by atoms with E-state index in [9.17, 15) is 10.1 Å². The number of fused-ring (bicyclic) bond motifs is 2. The molecule has 1 saturated heterocycles. The van der Waals surface area contributed by atoms with Crippen LogP contribution in [0.25, 0.3) is 34.1 Å². The van der Waals surface area contributed by atoms with Crippen molar-refractivity contribution in [2.45, 2.75) is 37.8 Å². The van der Waals surface area contributed by atoms with Crippen LogP contribution in [0, 0.1) is 11.3 Å². The largest absolute Gasteiger partial charge is 0.383 e. The first-order valence-corrected chi connectivity index (χ1v) is 14.4. The molecule has 43 heavy (non-hydrogen) atoms. The van der Waals surface area contributed by atoms with E-state index in [-0.39, 0.29) is 11.9 Å². The van der Waals surface area contributed by atoms with E-state index in [0.29, 0.717) is 45.8 Å². The van der Waals surface area contributed by atoms with Crippen LogP contribution < -0.4 is 11.1 Å². The van der Waals surface area contributed by atoms with Gasteiger partial charge in [-0.3, -0.25) is 9.36 Å². The van der Waals surface area contributed by atoms with Gasteiger partial charge < -0.3 is 16.0 Å². The molecule has 1 aliphatic heterocycles. The van der Waals surface area contributed by atoms with Crippen molar-refractivity contribution in [1.29, 1.82) is 5.26 Å². The Kier molecular flexibility index (Phi) is 6.68. The molecule has 214 valence electrons. The Hall–Kier alpha value is -5.34. The summed E-state index contributed by atoms with van der Waals surface area (Å²) in [6, 6.07) is 16.5. The fourth-order valence-corrected chi connectivity index (χ4v) is 6.27. The highest BCUT2D eigenvalue weighted by molar-refractivity contribution is 5.88. The maximum absolute atomic E-state index is 12.0. The summed E-state index contributed by atoms with van der Waals surface area (Å²) in [6.07, 6.45) is 10.3. The first-order valence-electron chi connectivity index (χ1n) is 14.4. The Labute approximate surface area is 248 Å². The van der Waals surface area contributed by atoms with Crippen molar-refractivity contribution in [3.63, 3.8) is 0 Å². The molecule has 2 aliphatic rings. The van der Waals surface area contributed by atoms with Crippen molar-refractivity contribution in [3.05, 3.63) is 90.4 Å². The number of pyridine rings is 2. The molecule has 3 N–H and O–H groups in total. The number of nitrogens with two attached hydrogens (primary N) is 1. The summed E-state index contributed by atoms with van der Waals surface area (Å²) in [4.78, 5) is 28.0.